The van der Waals surface area contributed by atoms with Crippen LogP contribution >= 0.6 is 0 Å². The minimum absolute atomic E-state index is 0.101. The summed E-state index contributed by atoms with van der Waals surface area (Å²) in [5.41, 5.74) is 7.67. The largest absolute Gasteiger partial charge is 0.489 e. The Hall–Kier alpha value is -1.42. The fourth-order valence-corrected chi connectivity index (χ4v) is 2.66. The van der Waals surface area contributed by atoms with Crippen molar-refractivity contribution in [2.24, 2.45) is 5.92 Å². The van der Waals surface area contributed by atoms with Crippen LogP contribution in [0.25, 0.3) is 0 Å². The van der Waals surface area contributed by atoms with Gasteiger partial charge in [0.25, 0.3) is 0 Å². The van der Waals surface area contributed by atoms with Gasteiger partial charge in [0.05, 0.1) is 24.4 Å². The number of aliphatic hydroxyl groups is 1. The first-order valence-corrected chi connectivity index (χ1v) is 6.96. The first kappa shape index (κ1) is 14.0. The van der Waals surface area contributed by atoms with Crippen molar-refractivity contribution in [3.05, 3.63) is 18.2 Å². The fourth-order valence-electron chi connectivity index (χ4n) is 2.66. The average molecular weight is 264 g/mol. The number of nitrogens with zero attached hydrogens (tertiary/aromatic N) is 1. The summed E-state index contributed by atoms with van der Waals surface area (Å²) in [7, 11) is 0. The summed E-state index contributed by atoms with van der Waals surface area (Å²) < 4.78 is 5.73. The fraction of sp³-hybridized carbons (Fsp3) is 0.600. The standard InChI is InChI=1S/C15H24N2O2/c1-10(2)19-15-8-12(4-5-13(15)16)17-7-6-11(3)14(17)9-18/h4-5,8,10-11,14,18H,6-7,9,16H2,1-3H3. The van der Waals surface area contributed by atoms with Gasteiger partial charge in [-0.25, -0.2) is 0 Å². The Morgan fingerprint density at radius 3 is 2.84 bits per heavy atom. The molecule has 0 spiro atoms. The number of rotatable bonds is 4. The lowest BCUT2D eigenvalue weighted by Crippen LogP contribution is -2.35. The molecule has 0 bridgehead atoms. The van der Waals surface area contributed by atoms with Crippen LogP contribution in [0.2, 0.25) is 0 Å². The molecule has 2 unspecified atom stereocenters. The van der Waals surface area contributed by atoms with E-state index in [1.807, 2.05) is 32.0 Å². The van der Waals surface area contributed by atoms with Gasteiger partial charge in [0.15, 0.2) is 0 Å². The van der Waals surface area contributed by atoms with Gasteiger partial charge in [0.2, 0.25) is 0 Å². The maximum absolute atomic E-state index is 9.54. The number of anilines is 2. The molecule has 4 nitrogen and oxygen atoms in total. The van der Waals surface area contributed by atoms with Crippen molar-refractivity contribution in [3.63, 3.8) is 0 Å². The molecule has 0 aromatic heterocycles. The summed E-state index contributed by atoms with van der Waals surface area (Å²) in [5.74, 6) is 1.24. The monoisotopic (exact) mass is 264 g/mol. The first-order valence-electron chi connectivity index (χ1n) is 6.96. The quantitative estimate of drug-likeness (QED) is 0.819. The van der Waals surface area contributed by atoms with Crippen LogP contribution in [0.4, 0.5) is 11.4 Å². The van der Waals surface area contributed by atoms with E-state index in [-0.39, 0.29) is 18.8 Å². The van der Waals surface area contributed by atoms with E-state index in [4.69, 9.17) is 10.5 Å². The van der Waals surface area contributed by atoms with Gasteiger partial charge in [-0.1, -0.05) is 6.92 Å². The Balaban J connectivity index is 2.25. The molecule has 4 heteroatoms. The molecule has 1 fully saturated rings. The van der Waals surface area contributed by atoms with Crippen LogP contribution in [0.3, 0.4) is 0 Å². The Morgan fingerprint density at radius 2 is 2.21 bits per heavy atom. The molecule has 0 radical (unpaired) electrons. The van der Waals surface area contributed by atoms with E-state index in [0.717, 1.165) is 24.4 Å². The van der Waals surface area contributed by atoms with Gasteiger partial charge in [-0.05, 0) is 38.3 Å². The molecule has 2 atom stereocenters. The maximum atomic E-state index is 9.54. The van der Waals surface area contributed by atoms with Crippen molar-refractivity contribution >= 4 is 11.4 Å². The average Bonchev–Trinajstić information content (AvgIpc) is 2.72. The van der Waals surface area contributed by atoms with E-state index in [1.165, 1.54) is 0 Å². The predicted octanol–water partition coefficient (Wildman–Crippen LogP) is 2.26. The van der Waals surface area contributed by atoms with Gasteiger partial charge >= 0.3 is 0 Å². The number of benzene rings is 1. The second kappa shape index (κ2) is 5.70. The van der Waals surface area contributed by atoms with Gasteiger partial charge in [-0.3, -0.25) is 0 Å². The summed E-state index contributed by atoms with van der Waals surface area (Å²) in [5, 5.41) is 9.54. The molecular formula is C15H24N2O2. The van der Waals surface area contributed by atoms with E-state index in [0.29, 0.717) is 11.6 Å². The topological polar surface area (TPSA) is 58.7 Å². The molecular weight excluding hydrogens is 240 g/mol. The smallest absolute Gasteiger partial charge is 0.144 e. The lowest BCUT2D eigenvalue weighted by molar-refractivity contribution is 0.241. The van der Waals surface area contributed by atoms with Crippen LogP contribution in [0.15, 0.2) is 18.2 Å². The van der Waals surface area contributed by atoms with Crippen LogP contribution < -0.4 is 15.4 Å². The lowest BCUT2D eigenvalue weighted by atomic mass is 10.0. The molecule has 1 aromatic carbocycles. The highest BCUT2D eigenvalue weighted by Crippen LogP contribution is 2.34. The number of aliphatic hydroxyl groups excluding tert-OH is 1. The van der Waals surface area contributed by atoms with Gasteiger partial charge in [0.1, 0.15) is 5.75 Å². The zero-order valence-electron chi connectivity index (χ0n) is 12.0. The summed E-state index contributed by atoms with van der Waals surface area (Å²) in [6, 6.07) is 6.06. The zero-order chi connectivity index (χ0) is 14.0. The molecule has 0 aliphatic carbocycles. The third-order valence-electron chi connectivity index (χ3n) is 3.76. The Kier molecular flexibility index (Phi) is 4.20. The molecule has 0 amide bonds. The van der Waals surface area contributed by atoms with E-state index in [2.05, 4.69) is 11.8 Å². The highest BCUT2D eigenvalue weighted by molar-refractivity contribution is 5.63. The number of ether oxygens (including phenoxy) is 1. The van der Waals surface area contributed by atoms with E-state index in [1.54, 1.807) is 0 Å². The summed E-state index contributed by atoms with van der Waals surface area (Å²) in [4.78, 5) is 2.25. The Bertz CT molecular complexity index is 434. The van der Waals surface area contributed by atoms with Crippen molar-refractivity contribution in [3.8, 4) is 5.75 Å². The van der Waals surface area contributed by atoms with Gasteiger partial charge in [-0.15, -0.1) is 0 Å². The van der Waals surface area contributed by atoms with Gasteiger partial charge < -0.3 is 20.5 Å². The highest BCUT2D eigenvalue weighted by Gasteiger charge is 2.30. The number of nitrogen functional groups attached to an aromatic ring is 1. The molecule has 2 rings (SSSR count). The molecule has 1 aliphatic heterocycles. The maximum Gasteiger partial charge on any atom is 0.144 e. The lowest BCUT2D eigenvalue weighted by Gasteiger charge is -2.28. The zero-order valence-corrected chi connectivity index (χ0v) is 12.0. The van der Waals surface area contributed by atoms with Crippen molar-refractivity contribution in [2.75, 3.05) is 23.8 Å². The molecule has 1 saturated heterocycles. The molecule has 1 aromatic rings. The third-order valence-corrected chi connectivity index (χ3v) is 3.76. The number of hydrogen-bond donors (Lipinski definition) is 2. The Morgan fingerprint density at radius 1 is 1.47 bits per heavy atom. The summed E-state index contributed by atoms with van der Waals surface area (Å²) in [6.45, 7) is 7.31. The SMILES string of the molecule is CC(C)Oc1cc(N2CCC(C)C2CO)ccc1N. The Labute approximate surface area is 115 Å². The normalized spacial score (nSPS) is 23.1. The summed E-state index contributed by atoms with van der Waals surface area (Å²) >= 11 is 0. The van der Waals surface area contributed by atoms with Crippen molar-refractivity contribution in [2.45, 2.75) is 39.3 Å². The highest BCUT2D eigenvalue weighted by atomic mass is 16.5. The minimum atomic E-state index is 0.101. The number of hydrogen-bond acceptors (Lipinski definition) is 4. The third kappa shape index (κ3) is 2.95. The van der Waals surface area contributed by atoms with Crippen LogP contribution in [0.5, 0.6) is 5.75 Å². The molecule has 19 heavy (non-hydrogen) atoms. The second-order valence-corrected chi connectivity index (χ2v) is 5.60. The van der Waals surface area contributed by atoms with Crippen molar-refractivity contribution in [1.82, 2.24) is 0 Å². The summed E-state index contributed by atoms with van der Waals surface area (Å²) in [6.07, 6.45) is 1.21. The molecule has 3 N–H and O–H groups in total. The molecule has 0 saturated carbocycles. The van der Waals surface area contributed by atoms with E-state index < -0.39 is 0 Å². The predicted molar refractivity (Wildman–Crippen MR) is 78.6 cm³/mol. The van der Waals surface area contributed by atoms with Gasteiger partial charge in [0, 0.05) is 18.3 Å². The minimum Gasteiger partial charge on any atom is -0.489 e. The van der Waals surface area contributed by atoms with E-state index >= 15 is 0 Å². The van der Waals surface area contributed by atoms with Crippen LogP contribution in [-0.2, 0) is 0 Å². The molecule has 1 heterocycles. The van der Waals surface area contributed by atoms with Crippen LogP contribution in [0.1, 0.15) is 27.2 Å². The van der Waals surface area contributed by atoms with Crippen molar-refractivity contribution in [1.29, 1.82) is 0 Å². The van der Waals surface area contributed by atoms with Gasteiger partial charge in [-0.2, -0.15) is 0 Å². The first-order chi connectivity index (χ1) is 9.02. The molecule has 106 valence electrons. The van der Waals surface area contributed by atoms with E-state index in [9.17, 15) is 5.11 Å². The van der Waals surface area contributed by atoms with Crippen LogP contribution in [-0.4, -0.2) is 30.4 Å². The van der Waals surface area contributed by atoms with Crippen molar-refractivity contribution < 1.29 is 9.84 Å². The second-order valence-electron chi connectivity index (χ2n) is 5.60. The molecule has 1 aliphatic rings. The number of nitrogens with two attached hydrogens (primary N) is 1. The van der Waals surface area contributed by atoms with Crippen LogP contribution in [0, 0.1) is 5.92 Å².